The Balaban J connectivity index is 1.72. The predicted octanol–water partition coefficient (Wildman–Crippen LogP) is 2.46. The lowest BCUT2D eigenvalue weighted by Crippen LogP contribution is -2.13. The summed E-state index contributed by atoms with van der Waals surface area (Å²) in [7, 11) is 0. The number of ketones is 1. The van der Waals surface area contributed by atoms with E-state index >= 15 is 0 Å². The third-order valence-electron chi connectivity index (χ3n) is 4.71. The van der Waals surface area contributed by atoms with Gasteiger partial charge in [-0.3, -0.25) is 4.79 Å². The van der Waals surface area contributed by atoms with Gasteiger partial charge in [0, 0.05) is 13.1 Å². The van der Waals surface area contributed by atoms with Crippen molar-refractivity contribution in [1.29, 1.82) is 5.26 Å². The molecule has 0 atom stereocenters. The fourth-order valence-corrected chi connectivity index (χ4v) is 3.18. The molecule has 2 heterocycles. The second-order valence-corrected chi connectivity index (χ2v) is 6.65. The number of anilines is 1. The molecule has 0 bridgehead atoms. The predicted molar refractivity (Wildman–Crippen MR) is 112 cm³/mol. The fourth-order valence-electron chi connectivity index (χ4n) is 3.18. The lowest BCUT2D eigenvalue weighted by atomic mass is 10.1. The van der Waals surface area contributed by atoms with Crippen molar-refractivity contribution in [2.75, 3.05) is 11.9 Å². The molecule has 9 heteroatoms. The topological polar surface area (TPSA) is 140 Å². The molecular weight excluding hydrogens is 382 g/mol. The number of imidazole rings is 1. The van der Waals surface area contributed by atoms with E-state index in [1.54, 1.807) is 0 Å². The molecule has 4 rings (SSSR count). The van der Waals surface area contributed by atoms with Crippen LogP contribution in [0.2, 0.25) is 0 Å². The number of nitriles is 1. The zero-order valence-corrected chi connectivity index (χ0v) is 16.1. The smallest absolute Gasteiger partial charge is 0.343 e. The number of hydrogen-bond donors (Lipinski definition) is 2. The van der Waals surface area contributed by atoms with Crippen molar-refractivity contribution < 1.29 is 9.42 Å². The quantitative estimate of drug-likeness (QED) is 0.262. The summed E-state index contributed by atoms with van der Waals surface area (Å²) >= 11 is 0. The number of nitrogens with two attached hydrogens (primary N) is 1. The number of fused-ring (bicyclic) bond motifs is 1. The first-order chi connectivity index (χ1) is 14.7. The molecule has 2 aromatic heterocycles. The molecule has 0 fully saturated rings. The van der Waals surface area contributed by atoms with Crippen LogP contribution in [0.3, 0.4) is 0 Å². The fraction of sp³-hybridized carbons (Fsp3) is 0.190. The number of nitrogens with zero attached hydrogens (tertiary/aromatic N) is 5. The monoisotopic (exact) mass is 402 g/mol. The maximum atomic E-state index is 10.8. The summed E-state index contributed by atoms with van der Waals surface area (Å²) in [6, 6.07) is 17.1. The molecule has 9 nitrogen and oxygen atoms in total. The molecule has 0 aliphatic heterocycles. The number of rotatable bonds is 8. The number of benzene rings is 2. The van der Waals surface area contributed by atoms with Gasteiger partial charge in [-0.2, -0.15) is 5.26 Å². The van der Waals surface area contributed by atoms with Gasteiger partial charge < -0.3 is 15.6 Å². The second-order valence-electron chi connectivity index (χ2n) is 6.65. The van der Waals surface area contributed by atoms with Gasteiger partial charge in [0.2, 0.25) is 5.82 Å². The van der Waals surface area contributed by atoms with Gasteiger partial charge in [-0.1, -0.05) is 24.3 Å². The van der Waals surface area contributed by atoms with Crippen LogP contribution in [0.4, 0.5) is 5.82 Å². The summed E-state index contributed by atoms with van der Waals surface area (Å²) < 4.78 is 6.77. The molecule has 4 N–H and O–H groups in total. The summed E-state index contributed by atoms with van der Waals surface area (Å²) in [5.41, 5.74) is 9.34. The largest absolute Gasteiger partial charge is 0.364 e. The normalized spacial score (nSPS) is 10.8. The highest BCUT2D eigenvalue weighted by Crippen LogP contribution is 2.28. The van der Waals surface area contributed by atoms with Crippen molar-refractivity contribution in [3.05, 3.63) is 59.7 Å². The lowest BCUT2D eigenvalue weighted by Gasteiger charge is -2.06. The number of hydrogen-bond acceptors (Lipinski definition) is 7. The van der Waals surface area contributed by atoms with Gasteiger partial charge in [0.05, 0.1) is 29.1 Å². The highest BCUT2D eigenvalue weighted by molar-refractivity contribution is 5.98. The summed E-state index contributed by atoms with van der Waals surface area (Å²) in [6.07, 6.45) is 0.316. The molecule has 0 aliphatic carbocycles. The number of carbonyl (C=O) groups excluding carboxylic acids is 1. The van der Waals surface area contributed by atoms with Crippen molar-refractivity contribution in [3.63, 3.8) is 0 Å². The van der Waals surface area contributed by atoms with Crippen molar-refractivity contribution in [2.24, 2.45) is 5.73 Å². The van der Waals surface area contributed by atoms with E-state index in [9.17, 15) is 4.79 Å². The zero-order valence-electron chi connectivity index (χ0n) is 16.1. The van der Waals surface area contributed by atoms with Crippen LogP contribution < -0.4 is 11.1 Å². The van der Waals surface area contributed by atoms with Crippen LogP contribution in [-0.2, 0) is 13.1 Å². The second kappa shape index (κ2) is 8.55. The zero-order chi connectivity index (χ0) is 20.9. The van der Waals surface area contributed by atoms with E-state index in [0.717, 1.165) is 16.6 Å². The Labute approximate surface area is 172 Å². The van der Waals surface area contributed by atoms with Gasteiger partial charge in [0.1, 0.15) is 6.54 Å². The summed E-state index contributed by atoms with van der Waals surface area (Å²) in [6.45, 7) is 1.03. The summed E-state index contributed by atoms with van der Waals surface area (Å²) in [4.78, 5) is 15.5. The first kappa shape index (κ1) is 19.3. The Bertz CT molecular complexity index is 1220. The van der Waals surface area contributed by atoms with Crippen molar-refractivity contribution >= 4 is 22.6 Å². The Morgan fingerprint density at radius 2 is 1.97 bits per heavy atom. The maximum absolute atomic E-state index is 10.8. The van der Waals surface area contributed by atoms with Gasteiger partial charge in [-0.05, 0) is 40.1 Å². The summed E-state index contributed by atoms with van der Waals surface area (Å²) in [5, 5.41) is 19.7. The van der Waals surface area contributed by atoms with Gasteiger partial charge in [0.15, 0.2) is 11.5 Å². The molecule has 150 valence electrons. The van der Waals surface area contributed by atoms with Crippen molar-refractivity contribution in [1.82, 2.24) is 19.9 Å². The molecule has 0 saturated heterocycles. The van der Waals surface area contributed by atoms with Crippen LogP contribution in [-0.4, -0.2) is 37.0 Å². The van der Waals surface area contributed by atoms with Crippen LogP contribution in [0.25, 0.3) is 22.6 Å². The Kier molecular flexibility index (Phi) is 5.50. The highest BCUT2D eigenvalue weighted by Gasteiger charge is 2.24. The van der Waals surface area contributed by atoms with E-state index in [2.05, 4.69) is 26.7 Å². The number of aromatic nitrogens is 4. The average Bonchev–Trinajstić information content (AvgIpc) is 3.38. The van der Waals surface area contributed by atoms with Crippen molar-refractivity contribution in [3.8, 4) is 17.6 Å². The Morgan fingerprint density at radius 3 is 2.73 bits per heavy atom. The third kappa shape index (κ3) is 3.76. The number of nitrogens with one attached hydrogen (secondary N) is 1. The van der Waals surface area contributed by atoms with E-state index in [1.807, 2.05) is 53.1 Å². The van der Waals surface area contributed by atoms with Crippen LogP contribution in [0.15, 0.2) is 53.2 Å². The van der Waals surface area contributed by atoms with Gasteiger partial charge in [0.25, 0.3) is 0 Å². The van der Waals surface area contributed by atoms with E-state index in [0.29, 0.717) is 42.4 Å². The first-order valence-corrected chi connectivity index (χ1v) is 9.44. The molecule has 30 heavy (non-hydrogen) atoms. The minimum atomic E-state index is 0.179. The lowest BCUT2D eigenvalue weighted by molar-refractivity contribution is 0.309. The Hall–Kier alpha value is -4.03. The summed E-state index contributed by atoms with van der Waals surface area (Å²) in [5.74, 6) is 1.08. The standard InChI is InChI=1S/C21H19N7O2/c22-10-3-11-24-20-19(26-30-27-20)21-25-16-4-1-2-5-17(16)28(21)13-18(29)15-8-6-14(12-23)7-9-15/h1-2,4-9H,3,11-13,23H2,(H,24,27)/p+1. The molecule has 0 saturated carbocycles. The van der Waals surface area contributed by atoms with Gasteiger partial charge in [-0.15, -0.1) is 0 Å². The first-order valence-electron chi connectivity index (χ1n) is 9.44. The average molecular weight is 402 g/mol. The number of para-hydroxylation sites is 2. The van der Waals surface area contributed by atoms with E-state index < -0.39 is 0 Å². The molecule has 0 unspecified atom stereocenters. The van der Waals surface area contributed by atoms with Gasteiger partial charge >= 0.3 is 5.78 Å². The SMILES string of the molecule is N#CCCNc1nonc1-c1nc2ccccc2n1CC(=[OH+])c1ccc(CN)cc1. The molecule has 4 aromatic rings. The van der Waals surface area contributed by atoms with Crippen LogP contribution in [0, 0.1) is 11.3 Å². The van der Waals surface area contributed by atoms with E-state index in [4.69, 9.17) is 15.6 Å². The minimum Gasteiger partial charge on any atom is -0.364 e. The van der Waals surface area contributed by atoms with E-state index in [-0.39, 0.29) is 12.3 Å². The van der Waals surface area contributed by atoms with E-state index in [1.165, 1.54) is 0 Å². The molecule has 0 radical (unpaired) electrons. The Morgan fingerprint density at radius 1 is 1.17 bits per heavy atom. The molecular formula is C21H20N7O2+. The molecule has 2 aromatic carbocycles. The minimum absolute atomic E-state index is 0.179. The molecule has 0 spiro atoms. The molecule has 0 amide bonds. The van der Waals surface area contributed by atoms with Crippen LogP contribution >= 0.6 is 0 Å². The molecule has 0 aliphatic rings. The van der Waals surface area contributed by atoms with Crippen LogP contribution in [0.5, 0.6) is 0 Å². The maximum Gasteiger partial charge on any atom is 0.343 e. The van der Waals surface area contributed by atoms with Gasteiger partial charge in [-0.25, -0.2) is 9.61 Å². The highest BCUT2D eigenvalue weighted by atomic mass is 16.6. The van der Waals surface area contributed by atoms with Crippen molar-refractivity contribution in [2.45, 2.75) is 19.5 Å². The van der Waals surface area contributed by atoms with Crippen LogP contribution in [0.1, 0.15) is 17.5 Å². The third-order valence-corrected chi connectivity index (χ3v) is 4.71.